The molecular formula is C26H25ClN2O5S. The Kier molecular flexibility index (Phi) is 7.54. The number of ketones is 1. The van der Waals surface area contributed by atoms with Gasteiger partial charge in [0, 0.05) is 29.2 Å². The Morgan fingerprint density at radius 1 is 1.03 bits per heavy atom. The summed E-state index contributed by atoms with van der Waals surface area (Å²) in [5.74, 6) is -0.615. The molecule has 1 heterocycles. The van der Waals surface area contributed by atoms with Gasteiger partial charge >= 0.3 is 0 Å². The van der Waals surface area contributed by atoms with Crippen LogP contribution in [0.15, 0.2) is 77.7 Å². The van der Waals surface area contributed by atoms with Crippen LogP contribution >= 0.6 is 11.6 Å². The van der Waals surface area contributed by atoms with Gasteiger partial charge in [-0.15, -0.1) is 0 Å². The van der Waals surface area contributed by atoms with E-state index in [4.69, 9.17) is 16.3 Å². The molecule has 1 N–H and O–H groups in total. The summed E-state index contributed by atoms with van der Waals surface area (Å²) < 4.78 is 32.7. The van der Waals surface area contributed by atoms with E-state index in [1.54, 1.807) is 48.5 Å². The molecule has 1 atom stereocenters. The number of carbonyl (C=O) groups excluding carboxylic acids is 2. The zero-order valence-corrected chi connectivity index (χ0v) is 20.7. The summed E-state index contributed by atoms with van der Waals surface area (Å²) >= 11 is 6.13. The van der Waals surface area contributed by atoms with Gasteiger partial charge in [0.25, 0.3) is 0 Å². The minimum atomic E-state index is -3.76. The summed E-state index contributed by atoms with van der Waals surface area (Å²) in [6.07, 6.45) is 1.08. The van der Waals surface area contributed by atoms with Gasteiger partial charge in [0.1, 0.15) is 5.75 Å². The second-order valence-corrected chi connectivity index (χ2v) is 10.6. The van der Waals surface area contributed by atoms with Crippen molar-refractivity contribution in [2.75, 3.05) is 25.5 Å². The zero-order valence-electron chi connectivity index (χ0n) is 19.1. The van der Waals surface area contributed by atoms with Gasteiger partial charge in [0.05, 0.1) is 23.6 Å². The second-order valence-electron chi connectivity index (χ2n) is 8.25. The van der Waals surface area contributed by atoms with Crippen LogP contribution < -0.4 is 10.1 Å². The maximum atomic E-state index is 13.2. The number of piperidine rings is 1. The average Bonchev–Trinajstić information content (AvgIpc) is 2.89. The number of nitrogens with one attached hydrogen (secondary N) is 1. The standard InChI is InChI=1S/C26H25ClN2O5S/c1-34-21-10-12-22(13-11-21)35(32,33)29-15-5-8-19(17-29)26(31)28-24-14-9-20(27)16-23(24)25(30)18-6-3-2-4-7-18/h2-4,6-7,9-14,16,19H,5,8,15,17H2,1H3,(H,28,31)/t19-/m0/s1. The summed E-state index contributed by atoms with van der Waals surface area (Å²) in [5, 5.41) is 3.20. The number of ether oxygens (including phenoxy) is 1. The molecule has 9 heteroatoms. The Hall–Kier alpha value is -3.20. The minimum Gasteiger partial charge on any atom is -0.497 e. The van der Waals surface area contributed by atoms with E-state index in [9.17, 15) is 18.0 Å². The third-order valence-corrected chi connectivity index (χ3v) is 8.09. The van der Waals surface area contributed by atoms with Gasteiger partial charge in [-0.05, 0) is 55.3 Å². The van der Waals surface area contributed by atoms with Crippen LogP contribution in [0.2, 0.25) is 5.02 Å². The number of rotatable bonds is 7. The van der Waals surface area contributed by atoms with Gasteiger partial charge in [-0.2, -0.15) is 4.31 Å². The Morgan fingerprint density at radius 3 is 2.43 bits per heavy atom. The van der Waals surface area contributed by atoms with Crippen LogP contribution in [0, 0.1) is 5.92 Å². The number of benzene rings is 3. The fourth-order valence-electron chi connectivity index (χ4n) is 4.06. The monoisotopic (exact) mass is 512 g/mol. The Morgan fingerprint density at radius 2 is 1.74 bits per heavy atom. The summed E-state index contributed by atoms with van der Waals surface area (Å²) in [7, 11) is -2.25. The van der Waals surface area contributed by atoms with Gasteiger partial charge in [-0.3, -0.25) is 9.59 Å². The normalized spacial score (nSPS) is 16.5. The smallest absolute Gasteiger partial charge is 0.243 e. The second kappa shape index (κ2) is 10.6. The molecule has 0 aromatic heterocycles. The van der Waals surface area contributed by atoms with Gasteiger partial charge in [0.15, 0.2) is 5.78 Å². The molecule has 0 spiro atoms. The fraction of sp³-hybridized carbons (Fsp3) is 0.231. The van der Waals surface area contributed by atoms with Crippen molar-refractivity contribution in [3.63, 3.8) is 0 Å². The molecule has 1 aliphatic rings. The van der Waals surface area contributed by atoms with Crippen LogP contribution in [0.1, 0.15) is 28.8 Å². The van der Waals surface area contributed by atoms with Crippen molar-refractivity contribution in [2.45, 2.75) is 17.7 Å². The Balaban J connectivity index is 1.52. The highest BCUT2D eigenvalue weighted by atomic mass is 35.5. The SMILES string of the molecule is COc1ccc(S(=O)(=O)N2CCC[C@H](C(=O)Nc3ccc(Cl)cc3C(=O)c3ccccc3)C2)cc1. The van der Waals surface area contributed by atoms with E-state index in [2.05, 4.69) is 5.32 Å². The first-order valence-corrected chi connectivity index (χ1v) is 13.0. The van der Waals surface area contributed by atoms with Crippen molar-refractivity contribution in [1.29, 1.82) is 0 Å². The molecule has 1 amide bonds. The first-order valence-electron chi connectivity index (χ1n) is 11.1. The van der Waals surface area contributed by atoms with E-state index >= 15 is 0 Å². The first kappa shape index (κ1) is 24.9. The molecule has 3 aromatic carbocycles. The van der Waals surface area contributed by atoms with Crippen molar-refractivity contribution in [3.8, 4) is 5.75 Å². The lowest BCUT2D eigenvalue weighted by Gasteiger charge is -2.31. The first-order chi connectivity index (χ1) is 16.8. The summed E-state index contributed by atoms with van der Waals surface area (Å²) in [6, 6.07) is 19.6. The number of halogens is 1. The maximum Gasteiger partial charge on any atom is 0.243 e. The lowest BCUT2D eigenvalue weighted by molar-refractivity contribution is -0.120. The molecule has 1 saturated heterocycles. The molecule has 1 fully saturated rings. The molecule has 0 bridgehead atoms. The lowest BCUT2D eigenvalue weighted by atomic mass is 9.97. The molecule has 0 aliphatic carbocycles. The number of hydrogen-bond acceptors (Lipinski definition) is 5. The summed E-state index contributed by atoms with van der Waals surface area (Å²) in [4.78, 5) is 26.4. The number of methoxy groups -OCH3 is 1. The highest BCUT2D eigenvalue weighted by Gasteiger charge is 2.33. The number of nitrogens with zero attached hydrogens (tertiary/aromatic N) is 1. The predicted octanol–water partition coefficient (Wildman–Crippen LogP) is 4.62. The summed E-state index contributed by atoms with van der Waals surface area (Å²) in [6.45, 7) is 0.382. The number of hydrogen-bond donors (Lipinski definition) is 1. The Labute approximate surface area is 209 Å². The molecule has 4 rings (SSSR count). The van der Waals surface area contributed by atoms with Crippen LogP contribution in [0.3, 0.4) is 0 Å². The fourth-order valence-corrected chi connectivity index (χ4v) is 5.76. The van der Waals surface area contributed by atoms with Gasteiger partial charge in [-0.1, -0.05) is 41.9 Å². The van der Waals surface area contributed by atoms with E-state index in [0.29, 0.717) is 41.4 Å². The summed E-state index contributed by atoms with van der Waals surface area (Å²) in [5.41, 5.74) is 1.08. The van der Waals surface area contributed by atoms with Crippen molar-refractivity contribution in [3.05, 3.63) is 88.9 Å². The maximum absolute atomic E-state index is 13.2. The zero-order chi connectivity index (χ0) is 25.0. The molecule has 0 radical (unpaired) electrons. The largest absolute Gasteiger partial charge is 0.497 e. The van der Waals surface area contributed by atoms with Crippen LogP contribution in [-0.4, -0.2) is 44.6 Å². The number of anilines is 1. The third kappa shape index (κ3) is 5.56. The highest BCUT2D eigenvalue weighted by Crippen LogP contribution is 2.28. The molecule has 1 aliphatic heterocycles. The molecule has 7 nitrogen and oxygen atoms in total. The van der Waals surface area contributed by atoms with Gasteiger partial charge in [-0.25, -0.2) is 8.42 Å². The number of amides is 1. The predicted molar refractivity (Wildman–Crippen MR) is 134 cm³/mol. The quantitative estimate of drug-likeness (QED) is 0.466. The topological polar surface area (TPSA) is 92.8 Å². The van der Waals surface area contributed by atoms with Crippen molar-refractivity contribution in [2.24, 2.45) is 5.92 Å². The van der Waals surface area contributed by atoms with E-state index in [-0.39, 0.29) is 28.7 Å². The molecule has 35 heavy (non-hydrogen) atoms. The van der Waals surface area contributed by atoms with Crippen LogP contribution in [0.4, 0.5) is 5.69 Å². The minimum absolute atomic E-state index is 0.0513. The van der Waals surface area contributed by atoms with Crippen molar-refractivity contribution < 1.29 is 22.7 Å². The average molecular weight is 513 g/mol. The third-order valence-electron chi connectivity index (χ3n) is 5.97. The van der Waals surface area contributed by atoms with E-state index in [1.165, 1.54) is 29.6 Å². The highest BCUT2D eigenvalue weighted by molar-refractivity contribution is 7.89. The van der Waals surface area contributed by atoms with E-state index < -0.39 is 15.9 Å². The van der Waals surface area contributed by atoms with Gasteiger partial charge in [0.2, 0.25) is 15.9 Å². The van der Waals surface area contributed by atoms with Gasteiger partial charge < -0.3 is 10.1 Å². The molecular weight excluding hydrogens is 488 g/mol. The van der Waals surface area contributed by atoms with E-state index in [0.717, 1.165) is 0 Å². The van der Waals surface area contributed by atoms with Crippen LogP contribution in [-0.2, 0) is 14.8 Å². The van der Waals surface area contributed by atoms with Crippen LogP contribution in [0.25, 0.3) is 0 Å². The number of sulfonamides is 1. The van der Waals surface area contributed by atoms with Crippen molar-refractivity contribution in [1.82, 2.24) is 4.31 Å². The van der Waals surface area contributed by atoms with Crippen molar-refractivity contribution >= 4 is 39.0 Å². The molecule has 182 valence electrons. The lowest BCUT2D eigenvalue weighted by Crippen LogP contribution is -2.43. The molecule has 0 saturated carbocycles. The van der Waals surface area contributed by atoms with E-state index in [1.807, 2.05) is 6.07 Å². The Bertz CT molecular complexity index is 1330. The molecule has 0 unspecified atom stereocenters. The van der Waals surface area contributed by atoms with Crippen LogP contribution in [0.5, 0.6) is 5.75 Å². The molecule has 3 aromatic rings. The number of carbonyl (C=O) groups is 2.